The van der Waals surface area contributed by atoms with Gasteiger partial charge in [-0.05, 0) is 56.7 Å². The van der Waals surface area contributed by atoms with Gasteiger partial charge in [-0.3, -0.25) is 9.59 Å². The Morgan fingerprint density at radius 3 is 2.61 bits per heavy atom. The summed E-state index contributed by atoms with van der Waals surface area (Å²) in [6, 6.07) is 1.18. The number of nitrogens with one attached hydrogen (secondary N) is 2. The minimum Gasteiger partial charge on any atom is -0.427 e. The first kappa shape index (κ1) is 24.7. The molecule has 3 atom stereocenters. The van der Waals surface area contributed by atoms with Crippen LogP contribution < -0.4 is 10.6 Å². The van der Waals surface area contributed by atoms with Crippen LogP contribution in [0.25, 0.3) is 5.57 Å². The van der Waals surface area contributed by atoms with E-state index in [4.69, 9.17) is 9.47 Å². The number of hydrogen-bond acceptors (Lipinski definition) is 8. The molecule has 0 radical (unpaired) electrons. The zero-order valence-corrected chi connectivity index (χ0v) is 20.1. The largest absolute Gasteiger partial charge is 0.427 e. The predicted octanol–water partition coefficient (Wildman–Crippen LogP) is 1.59. The van der Waals surface area contributed by atoms with Gasteiger partial charge in [0, 0.05) is 11.9 Å². The summed E-state index contributed by atoms with van der Waals surface area (Å²) in [6.07, 6.45) is -0.468. The van der Waals surface area contributed by atoms with Crippen LogP contribution in [-0.4, -0.2) is 59.9 Å². The summed E-state index contributed by atoms with van der Waals surface area (Å²) in [7, 11) is 1.52. The first-order chi connectivity index (χ1) is 15.5. The number of urea groups is 1. The lowest BCUT2D eigenvalue weighted by Gasteiger charge is -2.44. The molecule has 0 aromatic carbocycles. The minimum atomic E-state index is -0.849. The highest BCUT2D eigenvalue weighted by Crippen LogP contribution is 2.47. The van der Waals surface area contributed by atoms with Gasteiger partial charge in [0.25, 0.3) is 0 Å². The van der Waals surface area contributed by atoms with Crippen molar-refractivity contribution in [2.24, 2.45) is 11.3 Å². The summed E-state index contributed by atoms with van der Waals surface area (Å²) in [6.45, 7) is 6.34. The normalized spacial score (nSPS) is 20.7. The van der Waals surface area contributed by atoms with E-state index in [0.29, 0.717) is 18.5 Å². The minimum absolute atomic E-state index is 0.0947. The van der Waals surface area contributed by atoms with Gasteiger partial charge < -0.3 is 30.1 Å². The molecule has 10 nitrogen and oxygen atoms in total. The Kier molecular flexibility index (Phi) is 7.13. The number of fused-ring (bicyclic) bond motifs is 1. The molecule has 1 aromatic rings. The average Bonchev–Trinajstić information content (AvgIpc) is 3.33. The van der Waals surface area contributed by atoms with Crippen LogP contribution in [0.3, 0.4) is 0 Å². The number of carbonyl (C=O) groups is 4. The van der Waals surface area contributed by atoms with Crippen molar-refractivity contribution in [3.05, 3.63) is 27.6 Å². The molecule has 3 rings (SSSR count). The van der Waals surface area contributed by atoms with E-state index in [0.717, 1.165) is 10.4 Å². The lowest BCUT2D eigenvalue weighted by Crippen LogP contribution is -2.61. The monoisotopic (exact) mass is 479 g/mol. The van der Waals surface area contributed by atoms with E-state index in [1.165, 1.54) is 23.3 Å². The Bertz CT molecular complexity index is 992. The smallest absolute Gasteiger partial charge is 0.358 e. The van der Waals surface area contributed by atoms with Crippen molar-refractivity contribution in [2.75, 3.05) is 13.8 Å². The molecule has 0 bridgehead atoms. The third kappa shape index (κ3) is 5.03. The maximum Gasteiger partial charge on any atom is 0.358 e. The topological polar surface area (TPSA) is 134 Å². The second-order valence-electron chi connectivity index (χ2n) is 9.04. The summed E-state index contributed by atoms with van der Waals surface area (Å²) < 4.78 is 10.2. The fourth-order valence-electron chi connectivity index (χ4n) is 3.83. The maximum absolute atomic E-state index is 12.9. The maximum atomic E-state index is 12.9. The fourth-order valence-corrected chi connectivity index (χ4v) is 4.66. The van der Waals surface area contributed by atoms with Gasteiger partial charge in [-0.25, -0.2) is 9.59 Å². The molecular formula is C22H29N3O7S. The molecular weight excluding hydrogens is 450 g/mol. The zero-order valence-electron chi connectivity index (χ0n) is 19.3. The Labute approximate surface area is 195 Å². The summed E-state index contributed by atoms with van der Waals surface area (Å²) in [5.41, 5.74) is 0.700. The van der Waals surface area contributed by atoms with Gasteiger partial charge >= 0.3 is 18.0 Å². The number of amides is 3. The first-order valence-corrected chi connectivity index (χ1v) is 11.5. The van der Waals surface area contributed by atoms with Gasteiger partial charge in [-0.1, -0.05) is 0 Å². The summed E-state index contributed by atoms with van der Waals surface area (Å²) in [5, 5.41) is 17.0. The van der Waals surface area contributed by atoms with Crippen molar-refractivity contribution in [1.82, 2.24) is 15.5 Å². The Balaban J connectivity index is 1.81. The highest BCUT2D eigenvalue weighted by Gasteiger charge is 2.57. The van der Waals surface area contributed by atoms with E-state index < -0.39 is 36.2 Å². The highest BCUT2D eigenvalue weighted by atomic mass is 32.1. The Morgan fingerprint density at radius 1 is 1.30 bits per heavy atom. The van der Waals surface area contributed by atoms with Crippen molar-refractivity contribution >= 4 is 40.8 Å². The summed E-state index contributed by atoms with van der Waals surface area (Å²) in [4.78, 5) is 51.2. The number of carbonyl (C=O) groups excluding carboxylic acids is 4. The average molecular weight is 480 g/mol. The number of hydrogen-bond donors (Lipinski definition) is 3. The molecule has 3 N–H and O–H groups in total. The second kappa shape index (κ2) is 9.52. The molecule has 3 amide bonds. The predicted molar refractivity (Wildman–Crippen MR) is 119 cm³/mol. The van der Waals surface area contributed by atoms with Crippen LogP contribution in [0.5, 0.6) is 0 Å². The Hall–Kier alpha value is -2.92. The van der Waals surface area contributed by atoms with Crippen LogP contribution in [0.2, 0.25) is 0 Å². The number of ether oxygens (including phenoxy) is 2. The van der Waals surface area contributed by atoms with Crippen LogP contribution in [0.1, 0.15) is 44.6 Å². The number of nitrogens with zero attached hydrogens (tertiary/aromatic N) is 1. The molecule has 11 heteroatoms. The van der Waals surface area contributed by atoms with E-state index in [-0.39, 0.29) is 23.7 Å². The van der Waals surface area contributed by atoms with E-state index in [1.54, 1.807) is 27.7 Å². The quantitative estimate of drug-likeness (QED) is 0.307. The lowest BCUT2D eigenvalue weighted by molar-refractivity contribution is -0.175. The first-order valence-electron chi connectivity index (χ1n) is 10.6. The molecule has 0 aliphatic carbocycles. The van der Waals surface area contributed by atoms with Crippen molar-refractivity contribution in [3.8, 4) is 0 Å². The van der Waals surface area contributed by atoms with Gasteiger partial charge in [-0.15, -0.1) is 11.3 Å². The van der Waals surface area contributed by atoms with E-state index in [9.17, 15) is 24.3 Å². The molecule has 33 heavy (non-hydrogen) atoms. The molecule has 1 saturated heterocycles. The Morgan fingerprint density at radius 2 is 2.00 bits per heavy atom. The lowest BCUT2D eigenvalue weighted by atomic mass is 9.82. The van der Waals surface area contributed by atoms with Gasteiger partial charge in [-0.2, -0.15) is 0 Å². The third-order valence-electron chi connectivity index (χ3n) is 5.57. The van der Waals surface area contributed by atoms with Crippen molar-refractivity contribution in [2.45, 2.75) is 52.8 Å². The summed E-state index contributed by atoms with van der Waals surface area (Å²) in [5.74, 6) is -2.24. The fraction of sp³-hybridized carbons (Fsp3) is 0.545. The van der Waals surface area contributed by atoms with Crippen molar-refractivity contribution in [3.63, 3.8) is 0 Å². The second-order valence-corrected chi connectivity index (χ2v) is 10.0. The van der Waals surface area contributed by atoms with E-state index in [1.807, 2.05) is 11.4 Å². The zero-order chi connectivity index (χ0) is 24.5. The SMILES string of the molecule is CNC(=O)NCc1cc(C2=C(C(=O)OCOC(=O)C(C)(C)C)N3C(=O)[C@H]([C@@H](C)O)[C@H]3C2)cs1. The van der Waals surface area contributed by atoms with E-state index in [2.05, 4.69) is 10.6 Å². The number of esters is 2. The van der Waals surface area contributed by atoms with Gasteiger partial charge in [0.05, 0.1) is 30.0 Å². The number of aliphatic hydroxyl groups excluding tert-OH is 1. The van der Waals surface area contributed by atoms with Crippen LogP contribution in [-0.2, 0) is 30.4 Å². The van der Waals surface area contributed by atoms with Crippen LogP contribution in [0.15, 0.2) is 17.1 Å². The molecule has 0 saturated carbocycles. The number of aliphatic hydroxyl groups is 1. The van der Waals surface area contributed by atoms with Crippen LogP contribution in [0.4, 0.5) is 4.79 Å². The van der Waals surface area contributed by atoms with Gasteiger partial charge in [0.2, 0.25) is 12.7 Å². The van der Waals surface area contributed by atoms with Gasteiger partial charge in [0.15, 0.2) is 0 Å². The summed E-state index contributed by atoms with van der Waals surface area (Å²) >= 11 is 1.41. The molecule has 0 spiro atoms. The molecule has 0 unspecified atom stereocenters. The molecule has 180 valence electrons. The molecule has 1 fully saturated rings. The standard InChI is InChI=1S/C22H29N3O7S/c1-11(26)16-15-7-14(12-6-13(33-9-12)8-24-21(30)23-5)17(25(15)18(16)27)19(28)31-10-32-20(29)22(2,3)4/h6,9,11,15-16,26H,7-8,10H2,1-5H3,(H2,23,24,30)/t11-,15-,16-/m1/s1. The van der Waals surface area contributed by atoms with Crippen molar-refractivity contribution < 1.29 is 33.8 Å². The number of β-lactam (4-membered cyclic amide) rings is 1. The molecule has 2 aliphatic heterocycles. The third-order valence-corrected chi connectivity index (χ3v) is 6.50. The van der Waals surface area contributed by atoms with Crippen LogP contribution in [0, 0.1) is 11.3 Å². The highest BCUT2D eigenvalue weighted by molar-refractivity contribution is 7.10. The van der Waals surface area contributed by atoms with E-state index >= 15 is 0 Å². The molecule has 3 heterocycles. The number of thiophene rings is 1. The molecule has 1 aromatic heterocycles. The molecule has 2 aliphatic rings. The van der Waals surface area contributed by atoms with Gasteiger partial charge in [0.1, 0.15) is 5.70 Å². The van der Waals surface area contributed by atoms with Crippen molar-refractivity contribution in [1.29, 1.82) is 0 Å². The number of rotatable bonds is 7. The van der Waals surface area contributed by atoms with Crippen LogP contribution >= 0.6 is 11.3 Å².